The summed E-state index contributed by atoms with van der Waals surface area (Å²) in [4.78, 5) is 10.5. The number of hydrogen-bond acceptors (Lipinski definition) is 3. The van der Waals surface area contributed by atoms with E-state index in [2.05, 4.69) is 10.0 Å². The van der Waals surface area contributed by atoms with Crippen molar-refractivity contribution in [2.75, 3.05) is 6.54 Å². The first-order valence-corrected chi connectivity index (χ1v) is 6.51. The molecule has 0 spiro atoms. The van der Waals surface area contributed by atoms with Gasteiger partial charge in [0, 0.05) is 19.0 Å². The number of carbonyl (C=O) groups excluding carboxylic acids is 1. The first-order valence-electron chi connectivity index (χ1n) is 5.02. The van der Waals surface area contributed by atoms with Crippen molar-refractivity contribution >= 4 is 15.9 Å². The van der Waals surface area contributed by atoms with E-state index < -0.39 is 26.8 Å². The number of hydrogen-bond donors (Lipinski definition) is 2. The maximum absolute atomic E-state index is 13.3. The minimum atomic E-state index is -3.92. The Kier molecular flexibility index (Phi) is 3.12. The van der Waals surface area contributed by atoms with E-state index in [0.717, 1.165) is 6.07 Å². The van der Waals surface area contributed by atoms with Gasteiger partial charge < -0.3 is 5.32 Å². The summed E-state index contributed by atoms with van der Waals surface area (Å²) in [5, 5.41) is 2.50. The van der Waals surface area contributed by atoms with Gasteiger partial charge in [-0.2, -0.15) is 0 Å². The highest BCUT2D eigenvalue weighted by atomic mass is 32.2. The number of carbonyl (C=O) groups is 1. The molecule has 0 bridgehead atoms. The molecule has 1 unspecified atom stereocenters. The second kappa shape index (κ2) is 4.42. The molecule has 92 valence electrons. The highest BCUT2D eigenvalue weighted by Crippen LogP contribution is 2.14. The minimum absolute atomic E-state index is 0.0771. The molecule has 1 fully saturated rings. The SMILES string of the molecule is O=C1CC(NS(=O)(=O)c2ccccc2F)CN1. The first kappa shape index (κ1) is 12.0. The van der Waals surface area contributed by atoms with Gasteiger partial charge in [-0.25, -0.2) is 17.5 Å². The van der Waals surface area contributed by atoms with Crippen molar-refractivity contribution in [1.82, 2.24) is 10.0 Å². The van der Waals surface area contributed by atoms with E-state index in [1.165, 1.54) is 18.2 Å². The van der Waals surface area contributed by atoms with Gasteiger partial charge in [-0.3, -0.25) is 4.79 Å². The third-order valence-electron chi connectivity index (χ3n) is 2.43. The lowest BCUT2D eigenvalue weighted by Crippen LogP contribution is -2.36. The molecule has 7 heteroatoms. The summed E-state index contributed by atoms with van der Waals surface area (Å²) in [5.41, 5.74) is 0. The largest absolute Gasteiger partial charge is 0.354 e. The quantitative estimate of drug-likeness (QED) is 0.801. The Balaban J connectivity index is 2.20. The smallest absolute Gasteiger partial charge is 0.243 e. The maximum atomic E-state index is 13.3. The first-order chi connectivity index (χ1) is 7.99. The van der Waals surface area contributed by atoms with Crippen molar-refractivity contribution in [3.63, 3.8) is 0 Å². The lowest BCUT2D eigenvalue weighted by Gasteiger charge is -2.11. The second-order valence-corrected chi connectivity index (χ2v) is 5.44. The molecule has 1 aromatic rings. The topological polar surface area (TPSA) is 75.3 Å². The number of halogens is 1. The van der Waals surface area contributed by atoms with Crippen molar-refractivity contribution in [2.45, 2.75) is 17.4 Å². The van der Waals surface area contributed by atoms with Crippen LogP contribution in [-0.2, 0) is 14.8 Å². The average Bonchev–Trinajstić information content (AvgIpc) is 2.63. The summed E-state index contributed by atoms with van der Waals surface area (Å²) in [6.45, 7) is 0.229. The van der Waals surface area contributed by atoms with Crippen LogP contribution >= 0.6 is 0 Å². The van der Waals surface area contributed by atoms with E-state index in [0.29, 0.717) is 0 Å². The van der Waals surface area contributed by atoms with Gasteiger partial charge in [-0.05, 0) is 12.1 Å². The molecule has 5 nitrogen and oxygen atoms in total. The van der Waals surface area contributed by atoms with Crippen LogP contribution in [-0.4, -0.2) is 26.9 Å². The molecular formula is C10H11FN2O3S. The van der Waals surface area contributed by atoms with Crippen molar-refractivity contribution in [3.8, 4) is 0 Å². The zero-order valence-corrected chi connectivity index (χ0v) is 9.63. The van der Waals surface area contributed by atoms with Gasteiger partial charge in [0.05, 0.1) is 0 Å². The second-order valence-electron chi connectivity index (χ2n) is 3.76. The Morgan fingerprint density at radius 2 is 2.06 bits per heavy atom. The normalized spacial score (nSPS) is 20.3. The van der Waals surface area contributed by atoms with Crippen LogP contribution in [0.5, 0.6) is 0 Å². The van der Waals surface area contributed by atoms with E-state index in [-0.39, 0.29) is 18.9 Å². The fourth-order valence-corrected chi connectivity index (χ4v) is 2.95. The van der Waals surface area contributed by atoms with Crippen molar-refractivity contribution < 1.29 is 17.6 Å². The van der Waals surface area contributed by atoms with Crippen LogP contribution in [0.25, 0.3) is 0 Å². The van der Waals surface area contributed by atoms with E-state index in [9.17, 15) is 17.6 Å². The Morgan fingerprint density at radius 3 is 2.65 bits per heavy atom. The van der Waals surface area contributed by atoms with Crippen LogP contribution in [0, 0.1) is 5.82 Å². The number of nitrogens with one attached hydrogen (secondary N) is 2. The van der Waals surface area contributed by atoms with E-state index in [1.54, 1.807) is 0 Å². The summed E-state index contributed by atoms with van der Waals surface area (Å²) in [7, 11) is -3.92. The Labute approximate surface area is 98.1 Å². The van der Waals surface area contributed by atoms with Crippen molar-refractivity contribution in [1.29, 1.82) is 0 Å². The third kappa shape index (κ3) is 2.62. The van der Waals surface area contributed by atoms with Gasteiger partial charge in [0.2, 0.25) is 15.9 Å². The van der Waals surface area contributed by atoms with Crippen LogP contribution in [0.1, 0.15) is 6.42 Å². The molecule has 0 aliphatic carbocycles. The highest BCUT2D eigenvalue weighted by molar-refractivity contribution is 7.89. The van der Waals surface area contributed by atoms with Gasteiger partial charge in [0.1, 0.15) is 10.7 Å². The van der Waals surface area contributed by atoms with E-state index >= 15 is 0 Å². The van der Waals surface area contributed by atoms with Gasteiger partial charge in [0.25, 0.3) is 0 Å². The van der Waals surface area contributed by atoms with Crippen LogP contribution < -0.4 is 10.0 Å². The maximum Gasteiger partial charge on any atom is 0.243 e. The van der Waals surface area contributed by atoms with Gasteiger partial charge in [0.15, 0.2) is 0 Å². The molecule has 17 heavy (non-hydrogen) atoms. The molecule has 1 atom stereocenters. The van der Waals surface area contributed by atoms with E-state index in [1.807, 2.05) is 0 Å². The zero-order chi connectivity index (χ0) is 12.5. The number of amides is 1. The van der Waals surface area contributed by atoms with Crippen LogP contribution in [0.4, 0.5) is 4.39 Å². The summed E-state index contributed by atoms with van der Waals surface area (Å²) in [6.07, 6.45) is 0.0771. The number of sulfonamides is 1. The molecular weight excluding hydrogens is 247 g/mol. The molecule has 0 aromatic heterocycles. The molecule has 0 saturated carbocycles. The fraction of sp³-hybridized carbons (Fsp3) is 0.300. The summed E-state index contributed by atoms with van der Waals surface area (Å²) in [6, 6.07) is 4.59. The molecule has 1 aliphatic rings. The fourth-order valence-electron chi connectivity index (χ4n) is 1.63. The molecule has 1 aliphatic heterocycles. The molecule has 1 aromatic carbocycles. The minimum Gasteiger partial charge on any atom is -0.354 e. The van der Waals surface area contributed by atoms with Gasteiger partial charge in [-0.15, -0.1) is 0 Å². The predicted molar refractivity (Wildman–Crippen MR) is 58.1 cm³/mol. The third-order valence-corrected chi connectivity index (χ3v) is 3.98. The van der Waals surface area contributed by atoms with Crippen LogP contribution in [0.2, 0.25) is 0 Å². The molecule has 1 amide bonds. The number of rotatable bonds is 3. The van der Waals surface area contributed by atoms with Gasteiger partial charge >= 0.3 is 0 Å². The predicted octanol–water partition coefficient (Wildman–Crippen LogP) is -0.00750. The Bertz CT molecular complexity index is 544. The molecule has 1 saturated heterocycles. The molecule has 0 radical (unpaired) electrons. The lowest BCUT2D eigenvalue weighted by atomic mass is 10.3. The Hall–Kier alpha value is -1.47. The standard InChI is InChI=1S/C10H11FN2O3S/c11-8-3-1-2-4-9(8)17(15,16)13-7-5-10(14)12-6-7/h1-4,7,13H,5-6H2,(H,12,14). The van der Waals surface area contributed by atoms with Crippen molar-refractivity contribution in [3.05, 3.63) is 30.1 Å². The van der Waals surface area contributed by atoms with Crippen molar-refractivity contribution in [2.24, 2.45) is 0 Å². The number of benzene rings is 1. The Morgan fingerprint density at radius 1 is 1.35 bits per heavy atom. The summed E-state index contributed by atoms with van der Waals surface area (Å²) in [5.74, 6) is -1.02. The van der Waals surface area contributed by atoms with E-state index in [4.69, 9.17) is 0 Å². The van der Waals surface area contributed by atoms with Crippen LogP contribution in [0.15, 0.2) is 29.2 Å². The molecule has 1 heterocycles. The lowest BCUT2D eigenvalue weighted by molar-refractivity contribution is -0.119. The summed E-state index contributed by atoms with van der Waals surface area (Å²) < 4.78 is 39.3. The molecule has 2 N–H and O–H groups in total. The van der Waals surface area contributed by atoms with Gasteiger partial charge in [-0.1, -0.05) is 12.1 Å². The summed E-state index contributed by atoms with van der Waals surface area (Å²) >= 11 is 0. The monoisotopic (exact) mass is 258 g/mol. The highest BCUT2D eigenvalue weighted by Gasteiger charge is 2.28. The van der Waals surface area contributed by atoms with Crippen LogP contribution in [0.3, 0.4) is 0 Å². The zero-order valence-electron chi connectivity index (χ0n) is 8.81. The molecule has 2 rings (SSSR count). The average molecular weight is 258 g/mol.